The molecule has 0 bridgehead atoms. The zero-order valence-corrected chi connectivity index (χ0v) is 12.7. The number of rotatable bonds is 3. The van der Waals surface area contributed by atoms with Gasteiger partial charge in [-0.1, -0.05) is 26.0 Å². The molecular weight excluding hydrogens is 280 g/mol. The maximum Gasteiger partial charge on any atom is 0.298 e. The van der Waals surface area contributed by atoms with Crippen LogP contribution in [0, 0.1) is 5.92 Å². The number of carbonyl (C=O) groups is 1. The van der Waals surface area contributed by atoms with Gasteiger partial charge in [0, 0.05) is 24.3 Å². The number of nitrogens with one attached hydrogen (secondary N) is 1. The molecule has 1 aromatic carbocycles. The van der Waals surface area contributed by atoms with Crippen molar-refractivity contribution in [2.45, 2.75) is 19.9 Å². The Balaban J connectivity index is 1.91. The van der Waals surface area contributed by atoms with Gasteiger partial charge in [-0.25, -0.2) is 4.98 Å². The van der Waals surface area contributed by atoms with Crippen LogP contribution in [0.15, 0.2) is 34.9 Å². The van der Waals surface area contributed by atoms with Crippen LogP contribution in [0.1, 0.15) is 13.8 Å². The van der Waals surface area contributed by atoms with E-state index < -0.39 is 0 Å². The van der Waals surface area contributed by atoms with Crippen molar-refractivity contribution in [1.29, 1.82) is 0 Å². The van der Waals surface area contributed by atoms with E-state index in [9.17, 15) is 4.79 Å². The highest BCUT2D eigenvalue weighted by atomic mass is 16.4. The smallest absolute Gasteiger partial charge is 0.298 e. The van der Waals surface area contributed by atoms with E-state index >= 15 is 0 Å². The van der Waals surface area contributed by atoms with Crippen LogP contribution in [-0.4, -0.2) is 30.0 Å². The largest absolute Gasteiger partial charge is 0.423 e. The Hall–Kier alpha value is -2.50. The van der Waals surface area contributed by atoms with Crippen LogP contribution in [0.3, 0.4) is 0 Å². The summed E-state index contributed by atoms with van der Waals surface area (Å²) in [6.07, 6.45) is 1.67. The fraction of sp³-hybridized carbons (Fsp3) is 0.375. The molecule has 1 aliphatic heterocycles. The Morgan fingerprint density at radius 3 is 3.00 bits per heavy atom. The Kier molecular flexibility index (Phi) is 3.75. The minimum Gasteiger partial charge on any atom is -0.423 e. The number of nitrogens with zero attached hydrogens (tertiary/aromatic N) is 2. The number of piperazine rings is 1. The first-order valence-electron chi connectivity index (χ1n) is 7.42. The van der Waals surface area contributed by atoms with Crippen molar-refractivity contribution in [3.8, 4) is 11.3 Å². The van der Waals surface area contributed by atoms with Gasteiger partial charge in [0.25, 0.3) is 6.01 Å². The zero-order chi connectivity index (χ0) is 15.7. The topological polar surface area (TPSA) is 84.4 Å². The summed E-state index contributed by atoms with van der Waals surface area (Å²) in [5.41, 5.74) is 7.35. The second-order valence-corrected chi connectivity index (χ2v) is 5.81. The lowest BCUT2D eigenvalue weighted by molar-refractivity contribution is -0.124. The van der Waals surface area contributed by atoms with Gasteiger partial charge in [-0.15, -0.1) is 0 Å². The fourth-order valence-corrected chi connectivity index (χ4v) is 2.79. The number of nitrogen functional groups attached to an aromatic ring is 1. The monoisotopic (exact) mass is 300 g/mol. The minimum absolute atomic E-state index is 0.0185. The number of anilines is 2. The molecule has 1 aliphatic rings. The Bertz CT molecular complexity index is 680. The predicted octanol–water partition coefficient (Wildman–Crippen LogP) is 1.88. The molecule has 1 saturated heterocycles. The first kappa shape index (κ1) is 14.4. The Morgan fingerprint density at radius 1 is 1.45 bits per heavy atom. The van der Waals surface area contributed by atoms with Crippen molar-refractivity contribution in [2.24, 2.45) is 5.92 Å². The molecular formula is C16H20N4O2. The summed E-state index contributed by atoms with van der Waals surface area (Å²) in [5, 5.41) is 2.89. The molecule has 2 aromatic rings. The lowest BCUT2D eigenvalue weighted by Gasteiger charge is -2.36. The van der Waals surface area contributed by atoms with Gasteiger partial charge in [0.15, 0.2) is 5.76 Å². The molecule has 6 heteroatoms. The number of hydrogen-bond acceptors (Lipinski definition) is 5. The first-order valence-corrected chi connectivity index (χ1v) is 7.42. The highest BCUT2D eigenvalue weighted by molar-refractivity contribution is 5.86. The number of benzene rings is 1. The summed E-state index contributed by atoms with van der Waals surface area (Å²) in [7, 11) is 0. The second-order valence-electron chi connectivity index (χ2n) is 5.81. The fourth-order valence-electron chi connectivity index (χ4n) is 2.79. The SMILES string of the molecule is CC(C)[C@H]1C(=O)NCCN1c1ncc(-c2cccc(N)c2)o1. The van der Waals surface area contributed by atoms with Crippen LogP contribution in [0.2, 0.25) is 0 Å². The Labute approximate surface area is 129 Å². The number of hydrogen-bond donors (Lipinski definition) is 2. The molecule has 1 amide bonds. The second kappa shape index (κ2) is 5.71. The van der Waals surface area contributed by atoms with Crippen molar-refractivity contribution in [1.82, 2.24) is 10.3 Å². The van der Waals surface area contributed by atoms with Crippen molar-refractivity contribution in [3.05, 3.63) is 30.5 Å². The maximum absolute atomic E-state index is 12.1. The standard InChI is InChI=1S/C16H20N4O2/c1-10(2)14-15(21)18-6-7-20(14)16-19-9-13(22-16)11-4-3-5-12(17)8-11/h3-5,8-10,14H,6-7,17H2,1-2H3,(H,18,21)/t14-/m0/s1. The lowest BCUT2D eigenvalue weighted by atomic mass is 10.0. The quantitative estimate of drug-likeness (QED) is 0.846. The number of nitrogens with two attached hydrogens (primary N) is 1. The van der Waals surface area contributed by atoms with E-state index in [1.807, 2.05) is 43.0 Å². The summed E-state index contributed by atoms with van der Waals surface area (Å²) >= 11 is 0. The van der Waals surface area contributed by atoms with E-state index in [0.29, 0.717) is 30.6 Å². The first-order chi connectivity index (χ1) is 10.6. The van der Waals surface area contributed by atoms with E-state index in [1.165, 1.54) is 0 Å². The molecule has 0 radical (unpaired) electrons. The summed E-state index contributed by atoms with van der Waals surface area (Å²) in [6.45, 7) is 5.32. The van der Waals surface area contributed by atoms with Crippen molar-refractivity contribution in [2.75, 3.05) is 23.7 Å². The molecule has 116 valence electrons. The van der Waals surface area contributed by atoms with Crippen LogP contribution in [-0.2, 0) is 4.79 Å². The summed E-state index contributed by atoms with van der Waals surface area (Å²) in [5.74, 6) is 0.837. The maximum atomic E-state index is 12.1. The normalized spacial score (nSPS) is 18.6. The van der Waals surface area contributed by atoms with Gasteiger partial charge in [0.2, 0.25) is 5.91 Å². The van der Waals surface area contributed by atoms with Gasteiger partial charge in [-0.3, -0.25) is 4.79 Å². The summed E-state index contributed by atoms with van der Waals surface area (Å²) in [4.78, 5) is 18.4. The van der Waals surface area contributed by atoms with Crippen molar-refractivity contribution < 1.29 is 9.21 Å². The third-order valence-corrected chi connectivity index (χ3v) is 3.80. The Morgan fingerprint density at radius 2 is 2.27 bits per heavy atom. The van der Waals surface area contributed by atoms with E-state index in [-0.39, 0.29) is 17.9 Å². The van der Waals surface area contributed by atoms with E-state index in [4.69, 9.17) is 10.2 Å². The van der Waals surface area contributed by atoms with Crippen LogP contribution < -0.4 is 16.0 Å². The molecule has 0 aliphatic carbocycles. The molecule has 3 rings (SSSR count). The van der Waals surface area contributed by atoms with Gasteiger partial charge >= 0.3 is 0 Å². The van der Waals surface area contributed by atoms with Crippen LogP contribution in [0.5, 0.6) is 0 Å². The van der Waals surface area contributed by atoms with Crippen LogP contribution in [0.25, 0.3) is 11.3 Å². The highest BCUT2D eigenvalue weighted by Crippen LogP contribution is 2.28. The van der Waals surface area contributed by atoms with E-state index in [2.05, 4.69) is 10.3 Å². The molecule has 1 fully saturated rings. The van der Waals surface area contributed by atoms with Gasteiger partial charge in [-0.05, 0) is 18.1 Å². The lowest BCUT2D eigenvalue weighted by Crippen LogP contribution is -2.57. The van der Waals surface area contributed by atoms with Gasteiger partial charge in [0.05, 0.1) is 6.20 Å². The molecule has 3 N–H and O–H groups in total. The molecule has 0 saturated carbocycles. The number of carbonyl (C=O) groups excluding carboxylic acids is 1. The van der Waals surface area contributed by atoms with Crippen molar-refractivity contribution in [3.63, 3.8) is 0 Å². The van der Waals surface area contributed by atoms with Crippen LogP contribution >= 0.6 is 0 Å². The van der Waals surface area contributed by atoms with Gasteiger partial charge < -0.3 is 20.4 Å². The average Bonchev–Trinajstić information content (AvgIpc) is 2.96. The summed E-state index contributed by atoms with van der Waals surface area (Å²) < 4.78 is 5.87. The number of oxazole rings is 1. The highest BCUT2D eigenvalue weighted by Gasteiger charge is 2.34. The van der Waals surface area contributed by atoms with Gasteiger partial charge in [0.1, 0.15) is 6.04 Å². The number of amides is 1. The van der Waals surface area contributed by atoms with E-state index in [1.54, 1.807) is 6.20 Å². The number of aromatic nitrogens is 1. The molecule has 22 heavy (non-hydrogen) atoms. The molecule has 1 aromatic heterocycles. The molecule has 1 atom stereocenters. The van der Waals surface area contributed by atoms with E-state index in [0.717, 1.165) is 5.56 Å². The molecule has 6 nitrogen and oxygen atoms in total. The third-order valence-electron chi connectivity index (χ3n) is 3.80. The minimum atomic E-state index is -0.263. The van der Waals surface area contributed by atoms with Crippen LogP contribution in [0.4, 0.5) is 11.7 Å². The third kappa shape index (κ3) is 2.64. The molecule has 0 spiro atoms. The van der Waals surface area contributed by atoms with Gasteiger partial charge in [-0.2, -0.15) is 0 Å². The predicted molar refractivity (Wildman–Crippen MR) is 85.3 cm³/mol. The summed E-state index contributed by atoms with van der Waals surface area (Å²) in [6, 6.07) is 7.67. The molecule has 0 unspecified atom stereocenters. The molecule has 2 heterocycles. The van der Waals surface area contributed by atoms with Crippen molar-refractivity contribution >= 4 is 17.6 Å². The zero-order valence-electron chi connectivity index (χ0n) is 12.7. The average molecular weight is 300 g/mol.